The first-order valence-electron chi connectivity index (χ1n) is 6.85. The second-order valence-electron chi connectivity index (χ2n) is 5.16. The van der Waals surface area contributed by atoms with Gasteiger partial charge < -0.3 is 20.9 Å². The molecule has 0 bridgehead atoms. The molecule has 1 amide bonds. The zero-order valence-electron chi connectivity index (χ0n) is 12.5. The summed E-state index contributed by atoms with van der Waals surface area (Å²) in [6, 6.07) is 6.06. The Morgan fingerprint density at radius 3 is 2.32 bits per heavy atom. The molecule has 0 fully saturated rings. The van der Waals surface area contributed by atoms with E-state index >= 15 is 0 Å². The molecule has 0 heterocycles. The standard InChI is InChI=1S/C15H20N2O5/c1-9(2)13(16)14(20)17-11(8-12(18)19)15(21)22-10-6-4-3-5-7-10/h3-7,9,11,13H,8,16H2,1-2H3,(H,17,20)(H,18,19)/t11-,13-/m0/s1. The van der Waals surface area contributed by atoms with E-state index in [1.807, 2.05) is 0 Å². The number of aliphatic carboxylic acids is 1. The van der Waals surface area contributed by atoms with E-state index in [2.05, 4.69) is 5.32 Å². The number of nitrogens with two attached hydrogens (primary N) is 1. The van der Waals surface area contributed by atoms with Crippen molar-refractivity contribution in [2.24, 2.45) is 11.7 Å². The predicted molar refractivity (Wildman–Crippen MR) is 79.1 cm³/mol. The van der Waals surface area contributed by atoms with E-state index in [0.717, 1.165) is 0 Å². The highest BCUT2D eigenvalue weighted by molar-refractivity contribution is 5.90. The molecule has 120 valence electrons. The summed E-state index contributed by atoms with van der Waals surface area (Å²) in [5, 5.41) is 11.2. The predicted octanol–water partition coefficient (Wildman–Crippen LogP) is 0.535. The number of hydrogen-bond acceptors (Lipinski definition) is 5. The molecule has 1 aromatic carbocycles. The van der Waals surface area contributed by atoms with Crippen molar-refractivity contribution >= 4 is 17.8 Å². The molecule has 0 saturated carbocycles. The van der Waals surface area contributed by atoms with Crippen LogP contribution >= 0.6 is 0 Å². The first-order valence-corrected chi connectivity index (χ1v) is 6.85. The Morgan fingerprint density at radius 1 is 1.23 bits per heavy atom. The van der Waals surface area contributed by atoms with E-state index < -0.39 is 36.4 Å². The minimum absolute atomic E-state index is 0.143. The summed E-state index contributed by atoms with van der Waals surface area (Å²) in [5.74, 6) is -2.54. The third-order valence-electron chi connectivity index (χ3n) is 2.96. The number of esters is 1. The molecule has 0 radical (unpaired) electrons. The Labute approximate surface area is 128 Å². The van der Waals surface area contributed by atoms with Crippen LogP contribution in [-0.2, 0) is 14.4 Å². The number of carboxylic acid groups (broad SMARTS) is 1. The van der Waals surface area contributed by atoms with Crippen LogP contribution in [0.1, 0.15) is 20.3 Å². The van der Waals surface area contributed by atoms with Crippen LogP contribution in [0.25, 0.3) is 0 Å². The molecule has 7 heteroatoms. The lowest BCUT2D eigenvalue weighted by molar-refractivity contribution is -0.145. The van der Waals surface area contributed by atoms with Crippen LogP contribution in [-0.4, -0.2) is 35.0 Å². The number of benzene rings is 1. The van der Waals surface area contributed by atoms with E-state index in [-0.39, 0.29) is 11.7 Å². The van der Waals surface area contributed by atoms with Gasteiger partial charge in [-0.25, -0.2) is 4.79 Å². The fraction of sp³-hybridized carbons (Fsp3) is 0.400. The highest BCUT2D eigenvalue weighted by Gasteiger charge is 2.28. The van der Waals surface area contributed by atoms with E-state index in [9.17, 15) is 14.4 Å². The maximum atomic E-state index is 12.0. The smallest absolute Gasteiger partial charge is 0.334 e. The van der Waals surface area contributed by atoms with Crippen molar-refractivity contribution in [3.05, 3.63) is 30.3 Å². The van der Waals surface area contributed by atoms with Gasteiger partial charge in [0, 0.05) is 0 Å². The van der Waals surface area contributed by atoms with Crippen molar-refractivity contribution in [3.8, 4) is 5.75 Å². The summed E-state index contributed by atoms with van der Waals surface area (Å²) in [7, 11) is 0. The van der Waals surface area contributed by atoms with E-state index in [4.69, 9.17) is 15.6 Å². The molecule has 0 unspecified atom stereocenters. The van der Waals surface area contributed by atoms with E-state index in [1.54, 1.807) is 44.2 Å². The van der Waals surface area contributed by atoms with Crippen molar-refractivity contribution in [1.29, 1.82) is 0 Å². The minimum atomic E-state index is -1.30. The van der Waals surface area contributed by atoms with Gasteiger partial charge in [-0.3, -0.25) is 9.59 Å². The lowest BCUT2D eigenvalue weighted by atomic mass is 10.0. The van der Waals surface area contributed by atoms with Crippen molar-refractivity contribution < 1.29 is 24.2 Å². The molecule has 4 N–H and O–H groups in total. The third-order valence-corrected chi connectivity index (χ3v) is 2.96. The van der Waals surface area contributed by atoms with Crippen molar-refractivity contribution in [3.63, 3.8) is 0 Å². The van der Waals surface area contributed by atoms with Gasteiger partial charge in [-0.1, -0.05) is 32.0 Å². The normalized spacial score (nSPS) is 13.3. The molecule has 0 aromatic heterocycles. The zero-order valence-corrected chi connectivity index (χ0v) is 12.5. The Bertz CT molecular complexity index is 530. The van der Waals surface area contributed by atoms with Gasteiger partial charge in [0.15, 0.2) is 0 Å². The Hall–Kier alpha value is -2.41. The number of hydrogen-bond donors (Lipinski definition) is 3. The zero-order chi connectivity index (χ0) is 16.7. The van der Waals surface area contributed by atoms with Gasteiger partial charge in [-0.2, -0.15) is 0 Å². The number of amides is 1. The van der Waals surface area contributed by atoms with Crippen LogP contribution in [0.5, 0.6) is 5.75 Å². The maximum absolute atomic E-state index is 12.0. The number of rotatable bonds is 7. The van der Waals surface area contributed by atoms with Gasteiger partial charge in [-0.15, -0.1) is 0 Å². The van der Waals surface area contributed by atoms with Gasteiger partial charge >= 0.3 is 11.9 Å². The highest BCUT2D eigenvalue weighted by atomic mass is 16.5. The number of nitrogens with one attached hydrogen (secondary N) is 1. The highest BCUT2D eigenvalue weighted by Crippen LogP contribution is 2.10. The summed E-state index contributed by atoms with van der Waals surface area (Å²) in [6.07, 6.45) is -0.581. The molecule has 0 spiro atoms. The molecule has 0 aliphatic heterocycles. The summed E-state index contributed by atoms with van der Waals surface area (Å²) in [5.41, 5.74) is 5.68. The first-order chi connectivity index (χ1) is 10.3. The second-order valence-corrected chi connectivity index (χ2v) is 5.16. The molecule has 0 aliphatic rings. The van der Waals surface area contributed by atoms with Crippen molar-refractivity contribution in [2.75, 3.05) is 0 Å². The first kappa shape index (κ1) is 17.6. The Balaban J connectivity index is 2.77. The Kier molecular flexibility index (Phi) is 6.52. The molecule has 7 nitrogen and oxygen atoms in total. The van der Waals surface area contributed by atoms with Crippen LogP contribution in [0, 0.1) is 5.92 Å². The maximum Gasteiger partial charge on any atom is 0.334 e. The number of para-hydroxylation sites is 1. The van der Waals surface area contributed by atoms with Gasteiger partial charge in [0.05, 0.1) is 12.5 Å². The van der Waals surface area contributed by atoms with Crippen LogP contribution in [0.15, 0.2) is 30.3 Å². The van der Waals surface area contributed by atoms with Gasteiger partial charge in [-0.05, 0) is 18.1 Å². The van der Waals surface area contributed by atoms with Crippen molar-refractivity contribution in [2.45, 2.75) is 32.4 Å². The van der Waals surface area contributed by atoms with Crippen LogP contribution in [0.4, 0.5) is 0 Å². The fourth-order valence-electron chi connectivity index (χ4n) is 1.61. The summed E-state index contributed by atoms with van der Waals surface area (Å²) >= 11 is 0. The Morgan fingerprint density at radius 2 is 1.82 bits per heavy atom. The van der Waals surface area contributed by atoms with Gasteiger partial charge in [0.2, 0.25) is 5.91 Å². The lowest BCUT2D eigenvalue weighted by Crippen LogP contribution is -2.51. The lowest BCUT2D eigenvalue weighted by Gasteiger charge is -2.20. The monoisotopic (exact) mass is 308 g/mol. The molecular formula is C15H20N2O5. The summed E-state index contributed by atoms with van der Waals surface area (Å²) in [4.78, 5) is 34.8. The molecule has 1 rings (SSSR count). The topological polar surface area (TPSA) is 119 Å². The molecule has 22 heavy (non-hydrogen) atoms. The SMILES string of the molecule is CC(C)[C@H](N)C(=O)N[C@@H](CC(=O)O)C(=O)Oc1ccccc1. The minimum Gasteiger partial charge on any atom is -0.481 e. The van der Waals surface area contributed by atoms with E-state index in [1.165, 1.54) is 0 Å². The molecule has 1 aromatic rings. The van der Waals surface area contributed by atoms with Crippen molar-refractivity contribution in [1.82, 2.24) is 5.32 Å². The number of carboxylic acids is 1. The largest absolute Gasteiger partial charge is 0.481 e. The molecule has 0 aliphatic carbocycles. The number of carbonyl (C=O) groups is 3. The van der Waals surface area contributed by atoms with Crippen LogP contribution in [0.3, 0.4) is 0 Å². The number of carbonyl (C=O) groups excluding carboxylic acids is 2. The second kappa shape index (κ2) is 8.14. The van der Waals surface area contributed by atoms with Gasteiger partial charge in [0.1, 0.15) is 11.8 Å². The molecule has 0 saturated heterocycles. The third kappa shape index (κ3) is 5.53. The van der Waals surface area contributed by atoms with Crippen LogP contribution in [0.2, 0.25) is 0 Å². The fourth-order valence-corrected chi connectivity index (χ4v) is 1.61. The summed E-state index contributed by atoms with van der Waals surface area (Å²) in [6.45, 7) is 3.50. The van der Waals surface area contributed by atoms with Crippen LogP contribution < -0.4 is 15.8 Å². The molecule has 2 atom stereocenters. The molecular weight excluding hydrogens is 288 g/mol. The quantitative estimate of drug-likeness (QED) is 0.499. The van der Waals surface area contributed by atoms with E-state index in [0.29, 0.717) is 0 Å². The number of ether oxygens (including phenoxy) is 1. The average molecular weight is 308 g/mol. The van der Waals surface area contributed by atoms with Gasteiger partial charge in [0.25, 0.3) is 0 Å². The average Bonchev–Trinajstić information content (AvgIpc) is 2.46. The summed E-state index contributed by atoms with van der Waals surface area (Å²) < 4.78 is 5.06.